The van der Waals surface area contributed by atoms with Gasteiger partial charge in [0.15, 0.2) is 5.65 Å². The van der Waals surface area contributed by atoms with Gasteiger partial charge in [-0.05, 0) is 48.4 Å². The highest BCUT2D eigenvalue weighted by molar-refractivity contribution is 6.09. The lowest BCUT2D eigenvalue weighted by Gasteiger charge is -2.15. The van der Waals surface area contributed by atoms with Crippen LogP contribution in [0.1, 0.15) is 22.8 Å². The summed E-state index contributed by atoms with van der Waals surface area (Å²) >= 11 is 0. The fourth-order valence-corrected chi connectivity index (χ4v) is 3.46. The first-order valence-electron chi connectivity index (χ1n) is 9.81. The van der Waals surface area contributed by atoms with Gasteiger partial charge in [0, 0.05) is 18.0 Å². The number of aromatic hydroxyl groups is 1. The van der Waals surface area contributed by atoms with Gasteiger partial charge in [-0.1, -0.05) is 25.1 Å². The average molecular weight is 415 g/mol. The number of ether oxygens (including phenoxy) is 1. The number of benzene rings is 2. The minimum absolute atomic E-state index is 0.239. The molecule has 7 nitrogen and oxygen atoms in total. The molecule has 4 aromatic rings. The molecular formula is C24H21N3O4. The molecule has 0 aliphatic heterocycles. The van der Waals surface area contributed by atoms with Crippen molar-refractivity contribution in [1.29, 1.82) is 0 Å². The summed E-state index contributed by atoms with van der Waals surface area (Å²) in [6, 6.07) is 17.4. The molecule has 31 heavy (non-hydrogen) atoms. The highest BCUT2D eigenvalue weighted by Gasteiger charge is 2.24. The smallest absolute Gasteiger partial charge is 0.273 e. The van der Waals surface area contributed by atoms with Crippen LogP contribution in [0.2, 0.25) is 0 Å². The number of methoxy groups -OCH3 is 1. The zero-order chi connectivity index (χ0) is 22.0. The molecule has 0 saturated heterocycles. The molecule has 2 aromatic carbocycles. The van der Waals surface area contributed by atoms with Crippen molar-refractivity contribution in [3.05, 3.63) is 88.3 Å². The number of aromatic nitrogens is 2. The first-order valence-corrected chi connectivity index (χ1v) is 9.81. The summed E-state index contributed by atoms with van der Waals surface area (Å²) < 4.78 is 6.57. The number of amides is 1. The Morgan fingerprint density at radius 2 is 1.94 bits per heavy atom. The van der Waals surface area contributed by atoms with Gasteiger partial charge in [-0.3, -0.25) is 14.2 Å². The molecule has 2 heterocycles. The summed E-state index contributed by atoms with van der Waals surface area (Å²) in [5.41, 5.74) is 1.25. The summed E-state index contributed by atoms with van der Waals surface area (Å²) in [7, 11) is 1.53. The van der Waals surface area contributed by atoms with E-state index in [0.717, 1.165) is 12.0 Å². The Morgan fingerprint density at radius 3 is 2.71 bits per heavy atom. The van der Waals surface area contributed by atoms with Gasteiger partial charge in [0.2, 0.25) is 0 Å². The van der Waals surface area contributed by atoms with E-state index in [4.69, 9.17) is 4.74 Å². The van der Waals surface area contributed by atoms with Crippen molar-refractivity contribution >= 4 is 22.6 Å². The lowest BCUT2D eigenvalue weighted by molar-refractivity contribution is 0.102. The quantitative estimate of drug-likeness (QED) is 0.515. The summed E-state index contributed by atoms with van der Waals surface area (Å²) in [6.45, 7) is 2.01. The largest absolute Gasteiger partial charge is 0.506 e. The molecule has 4 rings (SSSR count). The van der Waals surface area contributed by atoms with Gasteiger partial charge in [-0.25, -0.2) is 4.98 Å². The molecule has 156 valence electrons. The molecule has 0 aliphatic carbocycles. The molecule has 1 amide bonds. The van der Waals surface area contributed by atoms with Crippen LogP contribution in [0.25, 0.3) is 16.7 Å². The Kier molecular flexibility index (Phi) is 5.41. The van der Waals surface area contributed by atoms with E-state index in [9.17, 15) is 14.7 Å². The van der Waals surface area contributed by atoms with Gasteiger partial charge in [0.1, 0.15) is 17.1 Å². The van der Waals surface area contributed by atoms with Gasteiger partial charge >= 0.3 is 0 Å². The number of hydrogen-bond acceptors (Lipinski definition) is 5. The standard InChI is InChI=1S/C24H21N3O4/c1-3-15-7-4-8-16(13-15)26-23(29)20-21(28)19-11-6-12-25-22(19)27(24(20)30)17-9-5-10-18(14-17)31-2/h4-14,28H,3H2,1-2H3,(H,26,29). The second kappa shape index (κ2) is 8.31. The van der Waals surface area contributed by atoms with E-state index in [0.29, 0.717) is 17.1 Å². The van der Waals surface area contributed by atoms with Gasteiger partial charge in [-0.2, -0.15) is 0 Å². The zero-order valence-electron chi connectivity index (χ0n) is 17.1. The van der Waals surface area contributed by atoms with E-state index in [1.165, 1.54) is 17.9 Å². The Hall–Kier alpha value is -4.13. The van der Waals surface area contributed by atoms with Gasteiger partial charge < -0.3 is 15.2 Å². The second-order valence-corrected chi connectivity index (χ2v) is 6.95. The zero-order valence-corrected chi connectivity index (χ0v) is 17.1. The van der Waals surface area contributed by atoms with Gasteiger partial charge in [0.25, 0.3) is 11.5 Å². The Morgan fingerprint density at radius 1 is 1.13 bits per heavy atom. The normalized spacial score (nSPS) is 10.8. The summed E-state index contributed by atoms with van der Waals surface area (Å²) in [4.78, 5) is 30.8. The summed E-state index contributed by atoms with van der Waals surface area (Å²) in [5, 5.41) is 13.8. The fraction of sp³-hybridized carbons (Fsp3) is 0.125. The first kappa shape index (κ1) is 20.2. The van der Waals surface area contributed by atoms with Crippen LogP contribution >= 0.6 is 0 Å². The van der Waals surface area contributed by atoms with Gasteiger partial charge in [-0.15, -0.1) is 0 Å². The average Bonchev–Trinajstić information content (AvgIpc) is 2.79. The van der Waals surface area contributed by atoms with E-state index in [2.05, 4.69) is 10.3 Å². The van der Waals surface area contributed by atoms with Crippen molar-refractivity contribution in [1.82, 2.24) is 9.55 Å². The molecule has 0 radical (unpaired) electrons. The van der Waals surface area contributed by atoms with E-state index in [1.807, 2.05) is 25.1 Å². The predicted molar refractivity (Wildman–Crippen MR) is 119 cm³/mol. The summed E-state index contributed by atoms with van der Waals surface area (Å²) in [6.07, 6.45) is 2.33. The molecule has 0 atom stereocenters. The van der Waals surface area contributed by atoms with Crippen LogP contribution in [0.3, 0.4) is 0 Å². The van der Waals surface area contributed by atoms with Crippen LogP contribution in [0.5, 0.6) is 11.5 Å². The van der Waals surface area contributed by atoms with Crippen molar-refractivity contribution in [3.8, 4) is 17.2 Å². The SMILES string of the molecule is CCc1cccc(NC(=O)c2c(O)c3cccnc3n(-c3cccc(OC)c3)c2=O)c1. The fourth-order valence-electron chi connectivity index (χ4n) is 3.46. The third-order valence-electron chi connectivity index (χ3n) is 5.04. The molecule has 0 aliphatic rings. The van der Waals surface area contributed by atoms with Crippen molar-refractivity contribution in [2.45, 2.75) is 13.3 Å². The van der Waals surface area contributed by atoms with Crippen molar-refractivity contribution in [3.63, 3.8) is 0 Å². The molecular weight excluding hydrogens is 394 g/mol. The maximum absolute atomic E-state index is 13.4. The Bertz CT molecular complexity index is 1340. The van der Waals surface area contributed by atoms with Crippen molar-refractivity contribution in [2.24, 2.45) is 0 Å². The monoisotopic (exact) mass is 415 g/mol. The molecule has 2 aromatic heterocycles. The number of aryl methyl sites for hydroxylation is 1. The van der Waals surface area contributed by atoms with Crippen LogP contribution < -0.4 is 15.6 Å². The maximum Gasteiger partial charge on any atom is 0.273 e. The van der Waals surface area contributed by atoms with E-state index in [-0.39, 0.29) is 16.6 Å². The second-order valence-electron chi connectivity index (χ2n) is 6.95. The van der Waals surface area contributed by atoms with Crippen LogP contribution in [-0.2, 0) is 6.42 Å². The number of nitrogens with one attached hydrogen (secondary N) is 1. The third-order valence-corrected chi connectivity index (χ3v) is 5.04. The number of carbonyl (C=O) groups is 1. The number of nitrogens with zero attached hydrogens (tertiary/aromatic N) is 2. The number of pyridine rings is 2. The van der Waals surface area contributed by atoms with E-state index >= 15 is 0 Å². The Balaban J connectivity index is 1.91. The number of anilines is 1. The van der Waals surface area contributed by atoms with Crippen LogP contribution in [0, 0.1) is 0 Å². The first-order chi connectivity index (χ1) is 15.0. The highest BCUT2D eigenvalue weighted by atomic mass is 16.5. The van der Waals surface area contributed by atoms with Gasteiger partial charge in [0.05, 0.1) is 18.2 Å². The lowest BCUT2D eigenvalue weighted by Crippen LogP contribution is -2.29. The van der Waals surface area contributed by atoms with Crippen LogP contribution in [-0.4, -0.2) is 27.7 Å². The molecule has 0 fully saturated rings. The minimum Gasteiger partial charge on any atom is -0.506 e. The lowest BCUT2D eigenvalue weighted by atomic mass is 10.1. The van der Waals surface area contributed by atoms with Crippen LogP contribution in [0.15, 0.2) is 71.7 Å². The van der Waals surface area contributed by atoms with Crippen molar-refractivity contribution < 1.29 is 14.6 Å². The van der Waals surface area contributed by atoms with Crippen molar-refractivity contribution in [2.75, 3.05) is 12.4 Å². The molecule has 0 spiro atoms. The molecule has 7 heteroatoms. The molecule has 0 unspecified atom stereocenters. The predicted octanol–water partition coefficient (Wildman–Crippen LogP) is 3.91. The number of fused-ring (bicyclic) bond motifs is 1. The third kappa shape index (κ3) is 3.73. The maximum atomic E-state index is 13.4. The summed E-state index contributed by atoms with van der Waals surface area (Å²) in [5.74, 6) is -0.557. The highest BCUT2D eigenvalue weighted by Crippen LogP contribution is 2.28. The minimum atomic E-state index is -0.696. The van der Waals surface area contributed by atoms with E-state index in [1.54, 1.807) is 42.5 Å². The molecule has 0 bridgehead atoms. The Labute approximate surface area is 178 Å². The number of carbonyl (C=O) groups excluding carboxylic acids is 1. The molecule has 0 saturated carbocycles. The topological polar surface area (TPSA) is 93.5 Å². The van der Waals surface area contributed by atoms with Crippen LogP contribution in [0.4, 0.5) is 5.69 Å². The number of hydrogen-bond donors (Lipinski definition) is 2. The number of rotatable bonds is 5. The van der Waals surface area contributed by atoms with E-state index < -0.39 is 17.2 Å². The molecule has 2 N–H and O–H groups in total.